The summed E-state index contributed by atoms with van der Waals surface area (Å²) in [7, 11) is 1.73. The second kappa shape index (κ2) is 6.39. The van der Waals surface area contributed by atoms with Gasteiger partial charge in [0, 0.05) is 12.6 Å². The van der Waals surface area contributed by atoms with Crippen LogP contribution in [-0.4, -0.2) is 18.0 Å². The van der Waals surface area contributed by atoms with Crippen LogP contribution < -0.4 is 5.32 Å². The molecule has 0 aliphatic rings. The van der Waals surface area contributed by atoms with Gasteiger partial charge in [-0.1, -0.05) is 0 Å². The number of urea groups is 1. The molecular formula is C15H19BrN2O3. The van der Waals surface area contributed by atoms with Crippen LogP contribution in [-0.2, 0) is 6.54 Å². The minimum Gasteiger partial charge on any atom is -0.466 e. The molecule has 21 heavy (non-hydrogen) atoms. The predicted molar refractivity (Wildman–Crippen MR) is 83.0 cm³/mol. The number of halogens is 1. The highest BCUT2D eigenvalue weighted by Gasteiger charge is 2.18. The van der Waals surface area contributed by atoms with E-state index in [-0.39, 0.29) is 12.1 Å². The summed E-state index contributed by atoms with van der Waals surface area (Å²) < 4.78 is 11.5. The summed E-state index contributed by atoms with van der Waals surface area (Å²) in [6, 6.07) is 5.32. The van der Waals surface area contributed by atoms with Gasteiger partial charge >= 0.3 is 6.03 Å². The summed E-state index contributed by atoms with van der Waals surface area (Å²) in [4.78, 5) is 13.8. The third kappa shape index (κ3) is 3.91. The Hall–Kier alpha value is -1.69. The van der Waals surface area contributed by atoms with Crippen LogP contribution >= 0.6 is 15.9 Å². The van der Waals surface area contributed by atoms with Crippen molar-refractivity contribution in [1.29, 1.82) is 0 Å². The first kappa shape index (κ1) is 15.7. The van der Waals surface area contributed by atoms with Gasteiger partial charge in [-0.2, -0.15) is 0 Å². The molecule has 2 heterocycles. The number of nitrogens with zero attached hydrogens (tertiary/aromatic N) is 1. The van der Waals surface area contributed by atoms with Crippen LogP contribution in [0, 0.1) is 13.8 Å². The fourth-order valence-corrected chi connectivity index (χ4v) is 2.54. The van der Waals surface area contributed by atoms with Gasteiger partial charge in [0.15, 0.2) is 4.67 Å². The zero-order valence-corrected chi connectivity index (χ0v) is 14.2. The van der Waals surface area contributed by atoms with Crippen molar-refractivity contribution in [1.82, 2.24) is 10.2 Å². The molecule has 0 radical (unpaired) electrons. The summed E-state index contributed by atoms with van der Waals surface area (Å²) in [5, 5.41) is 2.95. The molecule has 6 heteroatoms. The highest BCUT2D eigenvalue weighted by atomic mass is 79.9. The van der Waals surface area contributed by atoms with Gasteiger partial charge in [0.05, 0.1) is 12.6 Å². The lowest BCUT2D eigenvalue weighted by Crippen LogP contribution is -2.38. The number of aryl methyl sites for hydroxylation is 2. The van der Waals surface area contributed by atoms with E-state index in [0.29, 0.717) is 11.2 Å². The Kier molecular flexibility index (Phi) is 4.77. The second-order valence-electron chi connectivity index (χ2n) is 5.10. The van der Waals surface area contributed by atoms with E-state index in [0.717, 1.165) is 22.8 Å². The van der Waals surface area contributed by atoms with E-state index >= 15 is 0 Å². The summed E-state index contributed by atoms with van der Waals surface area (Å²) in [6.07, 6.45) is 0. The molecule has 0 aliphatic carbocycles. The van der Waals surface area contributed by atoms with Gasteiger partial charge in [-0.25, -0.2) is 4.79 Å². The van der Waals surface area contributed by atoms with E-state index in [1.54, 1.807) is 18.0 Å². The molecule has 2 aromatic rings. The van der Waals surface area contributed by atoms with Crippen molar-refractivity contribution in [3.05, 3.63) is 45.7 Å². The largest absolute Gasteiger partial charge is 0.466 e. The molecule has 5 nitrogen and oxygen atoms in total. The summed E-state index contributed by atoms with van der Waals surface area (Å²) in [6.45, 7) is 6.14. The molecule has 0 saturated carbocycles. The van der Waals surface area contributed by atoms with E-state index in [1.807, 2.05) is 32.9 Å². The Morgan fingerprint density at radius 3 is 2.62 bits per heavy atom. The third-order valence-electron chi connectivity index (χ3n) is 3.25. The molecule has 2 aromatic heterocycles. The number of hydrogen-bond donors (Lipinski definition) is 1. The Morgan fingerprint density at radius 2 is 2.10 bits per heavy atom. The van der Waals surface area contributed by atoms with E-state index in [4.69, 9.17) is 8.83 Å². The first-order chi connectivity index (χ1) is 9.86. The molecule has 0 aromatic carbocycles. The zero-order chi connectivity index (χ0) is 15.6. The minimum atomic E-state index is -0.159. The van der Waals surface area contributed by atoms with Gasteiger partial charge in [-0.3, -0.25) is 0 Å². The molecule has 1 N–H and O–H groups in total. The van der Waals surface area contributed by atoms with Gasteiger partial charge in [-0.05, 0) is 54.9 Å². The molecule has 0 bridgehead atoms. The number of rotatable bonds is 4. The van der Waals surface area contributed by atoms with Gasteiger partial charge < -0.3 is 19.1 Å². The average molecular weight is 355 g/mol. The van der Waals surface area contributed by atoms with Gasteiger partial charge in [0.2, 0.25) is 0 Å². The molecule has 0 saturated heterocycles. The minimum absolute atomic E-state index is 0.110. The van der Waals surface area contributed by atoms with E-state index < -0.39 is 0 Å². The SMILES string of the molecule is Cc1cc(C(C)NC(=O)N(C)Cc2ccc(Br)o2)c(C)o1. The fraction of sp³-hybridized carbons (Fsp3) is 0.400. The fourth-order valence-electron chi connectivity index (χ4n) is 2.20. The lowest BCUT2D eigenvalue weighted by molar-refractivity contribution is 0.199. The molecule has 2 amide bonds. The van der Waals surface area contributed by atoms with Crippen molar-refractivity contribution in [2.45, 2.75) is 33.4 Å². The van der Waals surface area contributed by atoms with Crippen LogP contribution in [0.2, 0.25) is 0 Å². The Bertz CT molecular complexity index is 633. The maximum absolute atomic E-state index is 12.2. The number of carbonyl (C=O) groups is 1. The third-order valence-corrected chi connectivity index (χ3v) is 3.68. The number of furan rings is 2. The van der Waals surface area contributed by atoms with E-state index in [2.05, 4.69) is 21.2 Å². The van der Waals surface area contributed by atoms with Crippen molar-refractivity contribution in [2.75, 3.05) is 7.05 Å². The number of nitrogens with one attached hydrogen (secondary N) is 1. The standard InChI is InChI=1S/C15H19BrN2O3/c1-9-7-13(11(3)20-9)10(2)17-15(19)18(4)8-12-5-6-14(16)21-12/h5-7,10H,8H2,1-4H3,(H,17,19). The van der Waals surface area contributed by atoms with Crippen LogP contribution in [0.5, 0.6) is 0 Å². The van der Waals surface area contributed by atoms with Crippen LogP contribution in [0.3, 0.4) is 0 Å². The van der Waals surface area contributed by atoms with Crippen LogP contribution in [0.15, 0.2) is 31.7 Å². The van der Waals surface area contributed by atoms with Crippen molar-refractivity contribution in [3.8, 4) is 0 Å². The normalized spacial score (nSPS) is 12.2. The predicted octanol–water partition coefficient (Wildman–Crippen LogP) is 4.15. The smallest absolute Gasteiger partial charge is 0.318 e. The first-order valence-corrected chi connectivity index (χ1v) is 7.49. The topological polar surface area (TPSA) is 58.6 Å². The molecule has 1 atom stereocenters. The maximum Gasteiger partial charge on any atom is 0.318 e. The Balaban J connectivity index is 1.95. The highest BCUT2D eigenvalue weighted by molar-refractivity contribution is 9.10. The second-order valence-corrected chi connectivity index (χ2v) is 5.88. The maximum atomic E-state index is 12.2. The lowest BCUT2D eigenvalue weighted by atomic mass is 10.1. The summed E-state index contributed by atoms with van der Waals surface area (Å²) in [5.74, 6) is 2.40. The Labute approximate surface area is 132 Å². The quantitative estimate of drug-likeness (QED) is 0.896. The molecule has 1 unspecified atom stereocenters. The van der Waals surface area contributed by atoms with E-state index in [9.17, 15) is 4.79 Å². The Morgan fingerprint density at radius 1 is 1.38 bits per heavy atom. The summed E-state index contributed by atoms with van der Waals surface area (Å²) in [5.41, 5.74) is 0.995. The number of carbonyl (C=O) groups excluding carboxylic acids is 1. The molecule has 114 valence electrons. The lowest BCUT2D eigenvalue weighted by Gasteiger charge is -2.20. The molecule has 0 spiro atoms. The van der Waals surface area contributed by atoms with Crippen LogP contribution in [0.1, 0.15) is 35.8 Å². The molecule has 0 fully saturated rings. The van der Waals surface area contributed by atoms with E-state index in [1.165, 1.54) is 0 Å². The van der Waals surface area contributed by atoms with Crippen molar-refractivity contribution in [3.63, 3.8) is 0 Å². The van der Waals surface area contributed by atoms with Gasteiger partial charge in [0.1, 0.15) is 17.3 Å². The van der Waals surface area contributed by atoms with Crippen LogP contribution in [0.4, 0.5) is 4.79 Å². The number of hydrogen-bond acceptors (Lipinski definition) is 3. The monoisotopic (exact) mass is 354 g/mol. The first-order valence-electron chi connectivity index (χ1n) is 6.69. The van der Waals surface area contributed by atoms with Crippen molar-refractivity contribution < 1.29 is 13.6 Å². The van der Waals surface area contributed by atoms with Crippen LogP contribution in [0.25, 0.3) is 0 Å². The summed E-state index contributed by atoms with van der Waals surface area (Å²) >= 11 is 3.24. The van der Waals surface area contributed by atoms with Gasteiger partial charge in [0.25, 0.3) is 0 Å². The molecule has 2 rings (SSSR count). The highest BCUT2D eigenvalue weighted by Crippen LogP contribution is 2.21. The van der Waals surface area contributed by atoms with Gasteiger partial charge in [-0.15, -0.1) is 0 Å². The van der Waals surface area contributed by atoms with Crippen molar-refractivity contribution >= 4 is 22.0 Å². The number of amides is 2. The van der Waals surface area contributed by atoms with Crippen molar-refractivity contribution in [2.24, 2.45) is 0 Å². The zero-order valence-electron chi connectivity index (χ0n) is 12.6. The average Bonchev–Trinajstić information content (AvgIpc) is 2.95. The molecular weight excluding hydrogens is 336 g/mol. The molecule has 0 aliphatic heterocycles.